The molecule has 13 nitrogen and oxygen atoms in total. The number of nitrogens with zero attached hydrogens (tertiary/aromatic N) is 9. The highest BCUT2D eigenvalue weighted by Gasteiger charge is 2.44. The lowest BCUT2D eigenvalue weighted by atomic mass is 9.87. The number of piperidine rings is 1. The van der Waals surface area contributed by atoms with Crippen molar-refractivity contribution in [1.29, 1.82) is 5.26 Å². The van der Waals surface area contributed by atoms with Gasteiger partial charge in [-0.25, -0.2) is 19.3 Å². The SMILES string of the molecule is COc1ccc(CN2C3CC2CN(c2cnc(-c4cc(C5CN(C(=O)O)CCO5)cn5ncc(C#N)c45)cn2)C3)cn1. The second kappa shape index (κ2) is 10.6. The number of pyridine rings is 2. The first kappa shape index (κ1) is 26.1. The van der Waals surface area contributed by atoms with Crippen LogP contribution in [0.25, 0.3) is 16.8 Å². The Labute approximate surface area is 241 Å². The van der Waals surface area contributed by atoms with E-state index in [1.807, 2.05) is 18.3 Å². The van der Waals surface area contributed by atoms with Gasteiger partial charge in [-0.2, -0.15) is 10.4 Å². The minimum absolute atomic E-state index is 0.209. The molecule has 4 fully saturated rings. The molecule has 42 heavy (non-hydrogen) atoms. The number of hydrogen-bond acceptors (Lipinski definition) is 10. The van der Waals surface area contributed by atoms with Gasteiger partial charge in [0, 0.05) is 67.8 Å². The largest absolute Gasteiger partial charge is 0.481 e. The number of methoxy groups -OCH3 is 1. The van der Waals surface area contributed by atoms with E-state index in [1.165, 1.54) is 16.7 Å². The molecule has 1 amide bonds. The first-order valence-electron chi connectivity index (χ1n) is 13.8. The van der Waals surface area contributed by atoms with Crippen LogP contribution in [0.2, 0.25) is 0 Å². The minimum atomic E-state index is -0.979. The maximum Gasteiger partial charge on any atom is 0.407 e. The summed E-state index contributed by atoms with van der Waals surface area (Å²) in [7, 11) is 1.62. The van der Waals surface area contributed by atoms with Crippen LogP contribution in [0.4, 0.5) is 10.6 Å². The maximum absolute atomic E-state index is 11.6. The van der Waals surface area contributed by atoms with Gasteiger partial charge in [0.25, 0.3) is 0 Å². The predicted octanol–water partition coefficient (Wildman–Crippen LogP) is 2.58. The third-order valence-electron chi connectivity index (χ3n) is 8.42. The summed E-state index contributed by atoms with van der Waals surface area (Å²) in [4.78, 5) is 31.6. The van der Waals surface area contributed by atoms with Gasteiger partial charge >= 0.3 is 6.09 Å². The Morgan fingerprint density at radius 2 is 2.00 bits per heavy atom. The van der Waals surface area contributed by atoms with Crippen molar-refractivity contribution in [3.8, 4) is 23.2 Å². The second-order valence-corrected chi connectivity index (χ2v) is 10.8. The van der Waals surface area contributed by atoms with Crippen LogP contribution >= 0.6 is 0 Å². The molecule has 8 rings (SSSR count). The molecular weight excluding hydrogens is 538 g/mol. The van der Waals surface area contributed by atoms with Crippen molar-refractivity contribution in [1.82, 2.24) is 34.4 Å². The molecule has 0 radical (unpaired) electrons. The lowest BCUT2D eigenvalue weighted by Crippen LogP contribution is -2.68. The summed E-state index contributed by atoms with van der Waals surface area (Å²) in [6, 6.07) is 8.95. The Hall–Kier alpha value is -4.80. The number of piperazine rings is 1. The third kappa shape index (κ3) is 4.64. The average Bonchev–Trinajstić information content (AvgIpc) is 3.47. The summed E-state index contributed by atoms with van der Waals surface area (Å²) < 4.78 is 12.7. The van der Waals surface area contributed by atoms with E-state index in [1.54, 1.807) is 30.2 Å². The molecule has 0 spiro atoms. The van der Waals surface area contributed by atoms with Crippen LogP contribution in [0.3, 0.4) is 0 Å². The van der Waals surface area contributed by atoms with E-state index in [-0.39, 0.29) is 6.54 Å². The Balaban J connectivity index is 1.11. The van der Waals surface area contributed by atoms with Gasteiger partial charge in [-0.05, 0) is 18.1 Å². The van der Waals surface area contributed by atoms with Crippen molar-refractivity contribution in [2.24, 2.45) is 0 Å². The molecule has 8 heterocycles. The molecule has 1 N–H and O–H groups in total. The number of aromatic nitrogens is 5. The molecule has 3 atom stereocenters. The van der Waals surface area contributed by atoms with Gasteiger partial charge in [-0.15, -0.1) is 0 Å². The Morgan fingerprint density at radius 1 is 1.14 bits per heavy atom. The van der Waals surface area contributed by atoms with E-state index in [0.29, 0.717) is 53.5 Å². The molecule has 3 unspecified atom stereocenters. The number of rotatable bonds is 6. The average molecular weight is 568 g/mol. The van der Waals surface area contributed by atoms with Crippen molar-refractivity contribution >= 4 is 17.4 Å². The first-order chi connectivity index (χ1) is 20.5. The number of anilines is 1. The van der Waals surface area contributed by atoms with Crippen LogP contribution in [0.1, 0.15) is 29.2 Å². The fourth-order valence-electron chi connectivity index (χ4n) is 6.21. The summed E-state index contributed by atoms with van der Waals surface area (Å²) >= 11 is 0. The van der Waals surface area contributed by atoms with Gasteiger partial charge in [0.2, 0.25) is 5.88 Å². The molecule has 0 saturated carbocycles. The fraction of sp³-hybridized carbons (Fsp3) is 0.379. The molecule has 2 bridgehead atoms. The molecule has 214 valence electrons. The Kier molecular flexibility index (Phi) is 6.56. The van der Waals surface area contributed by atoms with Crippen LogP contribution in [0.5, 0.6) is 5.88 Å². The topological polar surface area (TPSA) is 145 Å². The van der Waals surface area contributed by atoms with Gasteiger partial charge in [0.1, 0.15) is 18.0 Å². The van der Waals surface area contributed by atoms with Crippen molar-refractivity contribution < 1.29 is 19.4 Å². The van der Waals surface area contributed by atoms with Gasteiger partial charge in [0.05, 0.1) is 55.6 Å². The normalized spacial score (nSPS) is 22.0. The molecular formula is C29H29N9O4. The zero-order valence-corrected chi connectivity index (χ0v) is 23.0. The highest BCUT2D eigenvalue weighted by atomic mass is 16.5. The zero-order valence-electron chi connectivity index (χ0n) is 23.0. The minimum Gasteiger partial charge on any atom is -0.481 e. The van der Waals surface area contributed by atoms with Gasteiger partial charge in [-0.1, -0.05) is 6.07 Å². The quantitative estimate of drug-likeness (QED) is 0.367. The van der Waals surface area contributed by atoms with Gasteiger partial charge < -0.3 is 24.4 Å². The van der Waals surface area contributed by atoms with Gasteiger partial charge in [-0.3, -0.25) is 9.88 Å². The maximum atomic E-state index is 11.6. The Morgan fingerprint density at radius 3 is 2.69 bits per heavy atom. The van der Waals surface area contributed by atoms with Crippen molar-refractivity contribution in [2.75, 3.05) is 44.8 Å². The number of nitriles is 1. The highest BCUT2D eigenvalue weighted by Crippen LogP contribution is 2.36. The van der Waals surface area contributed by atoms with Crippen molar-refractivity contribution in [3.63, 3.8) is 0 Å². The molecule has 4 aliphatic heterocycles. The number of amides is 1. The van der Waals surface area contributed by atoms with E-state index < -0.39 is 12.2 Å². The van der Waals surface area contributed by atoms with E-state index in [9.17, 15) is 15.2 Å². The predicted molar refractivity (Wildman–Crippen MR) is 150 cm³/mol. The third-order valence-corrected chi connectivity index (χ3v) is 8.42. The smallest absolute Gasteiger partial charge is 0.407 e. The van der Waals surface area contributed by atoms with Crippen LogP contribution in [-0.4, -0.2) is 97.5 Å². The fourth-order valence-corrected chi connectivity index (χ4v) is 6.21. The van der Waals surface area contributed by atoms with Crippen LogP contribution in [-0.2, 0) is 11.3 Å². The molecule has 0 aliphatic carbocycles. The number of ether oxygens (including phenoxy) is 2. The van der Waals surface area contributed by atoms with Crippen LogP contribution in [0, 0.1) is 11.3 Å². The summed E-state index contributed by atoms with van der Waals surface area (Å²) in [5.74, 6) is 1.43. The van der Waals surface area contributed by atoms with Crippen molar-refractivity contribution in [3.05, 3.63) is 65.9 Å². The first-order valence-corrected chi connectivity index (χ1v) is 13.8. The summed E-state index contributed by atoms with van der Waals surface area (Å²) in [6.45, 7) is 3.43. The van der Waals surface area contributed by atoms with Crippen molar-refractivity contribution in [2.45, 2.75) is 31.2 Å². The number of carbonyl (C=O) groups is 1. The summed E-state index contributed by atoms with van der Waals surface area (Å²) in [5.41, 5.74) is 4.26. The molecule has 13 heteroatoms. The number of morpholine rings is 1. The number of fused-ring (bicyclic) bond motifs is 3. The lowest BCUT2D eigenvalue weighted by Gasteiger charge is -2.56. The lowest BCUT2D eigenvalue weighted by molar-refractivity contribution is -0.0233. The standard InChI is InChI=1S/C29H29N9O4/c1-41-27-3-2-18(9-33-27)13-37-21-7-22(37)16-36(15-21)26-12-31-24(11-32-26)23-6-19(14-38-28(23)20(8-30)10-34-38)25-17-35(29(39)40)4-5-42-25/h2-3,6,9-12,14,21-22,25H,4-5,7,13,15-17H2,1H3,(H,39,40). The number of carboxylic acid groups (broad SMARTS) is 1. The summed E-state index contributed by atoms with van der Waals surface area (Å²) in [6.07, 6.45) is 8.42. The van der Waals surface area contributed by atoms with Crippen LogP contribution in [0.15, 0.2) is 49.2 Å². The van der Waals surface area contributed by atoms with E-state index in [2.05, 4.69) is 32.0 Å². The van der Waals surface area contributed by atoms with Crippen LogP contribution < -0.4 is 9.64 Å². The zero-order chi connectivity index (χ0) is 28.8. The highest BCUT2D eigenvalue weighted by molar-refractivity contribution is 5.83. The number of hydrogen-bond donors (Lipinski definition) is 1. The summed E-state index contributed by atoms with van der Waals surface area (Å²) in [5, 5.41) is 23.6. The van der Waals surface area contributed by atoms with Gasteiger partial charge in [0.15, 0.2) is 0 Å². The molecule has 0 aromatic carbocycles. The monoisotopic (exact) mass is 567 g/mol. The Bertz CT molecular complexity index is 1660. The van der Waals surface area contributed by atoms with E-state index in [0.717, 1.165) is 37.4 Å². The molecule has 4 aromatic rings. The van der Waals surface area contributed by atoms with E-state index >= 15 is 0 Å². The molecule has 4 aromatic heterocycles. The molecule has 4 aliphatic rings. The molecule has 4 saturated heterocycles. The second-order valence-electron chi connectivity index (χ2n) is 10.8. The van der Waals surface area contributed by atoms with E-state index in [4.69, 9.17) is 19.4 Å².